The monoisotopic (exact) mass is 860 g/mol. The third-order valence-corrected chi connectivity index (χ3v) is 14.1. The molecular formula is C68H44. The molecule has 0 saturated heterocycles. The maximum Gasteiger partial charge on any atom is -0.00264 e. The minimum atomic E-state index is 1.21. The first-order valence-corrected chi connectivity index (χ1v) is 23.6. The molecule has 13 aromatic rings. The SMILES string of the molecule is c1ccc(-c2c3ccccc3c(-c3ccc(-c4ccc(-c5ccc6cc(-c7ccc(-c8c9ccccc9c(-c9ccccc9)c9ccccc89)cc7)ccc6c5)cc4)cc3)c3ccccc23)cc1. The second kappa shape index (κ2) is 16.5. The smallest absolute Gasteiger partial charge is 0.00264 e. The van der Waals surface area contributed by atoms with Gasteiger partial charge in [-0.3, -0.25) is 0 Å². The highest BCUT2D eigenvalue weighted by Crippen LogP contribution is 2.46. The van der Waals surface area contributed by atoms with E-state index in [9.17, 15) is 0 Å². The molecule has 0 aliphatic heterocycles. The van der Waals surface area contributed by atoms with Gasteiger partial charge in [-0.2, -0.15) is 0 Å². The van der Waals surface area contributed by atoms with Crippen molar-refractivity contribution in [2.75, 3.05) is 0 Å². The van der Waals surface area contributed by atoms with Gasteiger partial charge in [0.2, 0.25) is 0 Å². The van der Waals surface area contributed by atoms with Crippen molar-refractivity contribution in [1.82, 2.24) is 0 Å². The molecule has 13 rings (SSSR count). The number of hydrogen-bond donors (Lipinski definition) is 0. The summed E-state index contributed by atoms with van der Waals surface area (Å²) in [5.74, 6) is 0. The van der Waals surface area contributed by atoms with Crippen LogP contribution >= 0.6 is 0 Å². The van der Waals surface area contributed by atoms with Gasteiger partial charge in [0, 0.05) is 0 Å². The molecule has 0 amide bonds. The highest BCUT2D eigenvalue weighted by Gasteiger charge is 2.18. The Hall–Kier alpha value is -8.84. The van der Waals surface area contributed by atoms with Crippen LogP contribution in [0, 0.1) is 0 Å². The van der Waals surface area contributed by atoms with E-state index in [-0.39, 0.29) is 0 Å². The Morgan fingerprint density at radius 2 is 0.324 bits per heavy atom. The summed E-state index contributed by atoms with van der Waals surface area (Å²) >= 11 is 0. The summed E-state index contributed by atoms with van der Waals surface area (Å²) in [6, 6.07) is 98.0. The first-order chi connectivity index (χ1) is 33.7. The molecule has 0 radical (unpaired) electrons. The van der Waals surface area contributed by atoms with Gasteiger partial charge in [-0.25, -0.2) is 0 Å². The lowest BCUT2D eigenvalue weighted by atomic mass is 9.85. The Balaban J connectivity index is 0.773. The van der Waals surface area contributed by atoms with Gasteiger partial charge in [0.25, 0.3) is 0 Å². The first kappa shape index (κ1) is 39.5. The van der Waals surface area contributed by atoms with Crippen LogP contribution in [0.15, 0.2) is 267 Å². The van der Waals surface area contributed by atoms with E-state index in [2.05, 4.69) is 267 Å². The average molecular weight is 861 g/mol. The zero-order valence-electron chi connectivity index (χ0n) is 37.4. The molecule has 0 heterocycles. The molecule has 0 N–H and O–H groups in total. The summed E-state index contributed by atoms with van der Waals surface area (Å²) in [6.45, 7) is 0. The Kier molecular flexibility index (Phi) is 9.62. The molecule has 13 aromatic carbocycles. The Morgan fingerprint density at radius 1 is 0.132 bits per heavy atom. The predicted molar refractivity (Wildman–Crippen MR) is 292 cm³/mol. The quantitative estimate of drug-likeness (QED) is 0.140. The first-order valence-electron chi connectivity index (χ1n) is 23.6. The summed E-state index contributed by atoms with van der Waals surface area (Å²) in [4.78, 5) is 0. The number of benzene rings is 13. The molecule has 0 saturated carbocycles. The van der Waals surface area contributed by atoms with Gasteiger partial charge in [-0.15, -0.1) is 0 Å². The summed E-state index contributed by atoms with van der Waals surface area (Å²) < 4.78 is 0. The fourth-order valence-electron chi connectivity index (χ4n) is 10.8. The number of hydrogen-bond acceptors (Lipinski definition) is 0. The molecule has 0 aliphatic carbocycles. The van der Waals surface area contributed by atoms with Crippen LogP contribution in [-0.2, 0) is 0 Å². The third-order valence-electron chi connectivity index (χ3n) is 14.1. The fourth-order valence-corrected chi connectivity index (χ4v) is 10.8. The van der Waals surface area contributed by atoms with E-state index in [4.69, 9.17) is 0 Å². The largest absolute Gasteiger partial charge is 0.0622 e. The van der Waals surface area contributed by atoms with Gasteiger partial charge in [-0.05, 0) is 144 Å². The topological polar surface area (TPSA) is 0 Å². The van der Waals surface area contributed by atoms with E-state index < -0.39 is 0 Å². The van der Waals surface area contributed by atoms with Gasteiger partial charge in [-0.1, -0.05) is 255 Å². The van der Waals surface area contributed by atoms with Crippen LogP contribution in [0.1, 0.15) is 0 Å². The molecule has 0 atom stereocenters. The Morgan fingerprint density at radius 3 is 0.588 bits per heavy atom. The molecule has 0 nitrogen and oxygen atoms in total. The van der Waals surface area contributed by atoms with Gasteiger partial charge < -0.3 is 0 Å². The minimum Gasteiger partial charge on any atom is -0.0622 e. The van der Waals surface area contributed by atoms with Gasteiger partial charge in [0.05, 0.1) is 0 Å². The van der Waals surface area contributed by atoms with Crippen LogP contribution in [-0.4, -0.2) is 0 Å². The van der Waals surface area contributed by atoms with E-state index in [0.717, 1.165) is 0 Å². The van der Waals surface area contributed by atoms with Gasteiger partial charge >= 0.3 is 0 Å². The maximum atomic E-state index is 2.32. The zero-order chi connectivity index (χ0) is 45.0. The molecule has 0 bridgehead atoms. The lowest BCUT2D eigenvalue weighted by molar-refractivity contribution is 1.59. The van der Waals surface area contributed by atoms with Crippen molar-refractivity contribution in [3.63, 3.8) is 0 Å². The molecule has 0 fully saturated rings. The van der Waals surface area contributed by atoms with Crippen LogP contribution in [0.5, 0.6) is 0 Å². The van der Waals surface area contributed by atoms with E-state index in [1.165, 1.54) is 132 Å². The van der Waals surface area contributed by atoms with Crippen LogP contribution in [0.4, 0.5) is 0 Å². The highest BCUT2D eigenvalue weighted by atomic mass is 14.2. The van der Waals surface area contributed by atoms with Crippen molar-refractivity contribution < 1.29 is 0 Å². The summed E-state index contributed by atoms with van der Waals surface area (Å²) in [5, 5.41) is 12.6. The van der Waals surface area contributed by atoms with Crippen molar-refractivity contribution in [2.45, 2.75) is 0 Å². The molecule has 68 heavy (non-hydrogen) atoms. The van der Waals surface area contributed by atoms with E-state index >= 15 is 0 Å². The molecule has 0 unspecified atom stereocenters. The zero-order valence-corrected chi connectivity index (χ0v) is 37.4. The minimum absolute atomic E-state index is 1.21. The summed E-state index contributed by atoms with van der Waals surface area (Å²) in [7, 11) is 0. The van der Waals surface area contributed by atoms with E-state index in [1.54, 1.807) is 0 Å². The molecule has 0 heteroatoms. The second-order valence-electron chi connectivity index (χ2n) is 17.9. The van der Waals surface area contributed by atoms with E-state index in [0.29, 0.717) is 0 Å². The van der Waals surface area contributed by atoms with Crippen LogP contribution < -0.4 is 0 Å². The fraction of sp³-hybridized carbons (Fsp3) is 0. The van der Waals surface area contributed by atoms with Crippen molar-refractivity contribution in [3.8, 4) is 77.9 Å². The second-order valence-corrected chi connectivity index (χ2v) is 17.9. The van der Waals surface area contributed by atoms with Crippen molar-refractivity contribution in [3.05, 3.63) is 267 Å². The van der Waals surface area contributed by atoms with Crippen LogP contribution in [0.25, 0.3) is 132 Å². The lowest BCUT2D eigenvalue weighted by Crippen LogP contribution is -1.90. The molecule has 0 aliphatic rings. The van der Waals surface area contributed by atoms with Crippen LogP contribution in [0.3, 0.4) is 0 Å². The van der Waals surface area contributed by atoms with Gasteiger partial charge in [0.15, 0.2) is 0 Å². The van der Waals surface area contributed by atoms with E-state index in [1.807, 2.05) is 0 Å². The van der Waals surface area contributed by atoms with Crippen LogP contribution in [0.2, 0.25) is 0 Å². The lowest BCUT2D eigenvalue weighted by Gasteiger charge is -2.18. The summed E-state index contributed by atoms with van der Waals surface area (Å²) in [6.07, 6.45) is 0. The van der Waals surface area contributed by atoms with Gasteiger partial charge in [0.1, 0.15) is 0 Å². The Bertz CT molecular complexity index is 3900. The molecule has 316 valence electrons. The molecular weight excluding hydrogens is 817 g/mol. The Labute approximate surface area is 396 Å². The average Bonchev–Trinajstić information content (AvgIpc) is 3.42. The summed E-state index contributed by atoms with van der Waals surface area (Å²) in [5.41, 5.74) is 17.3. The standard InChI is InChI=1S/C68H44/c1-3-15-49(16-4-1)65-57-19-7-11-23-61(57)67(62-24-12-8-20-58(62)65)51-35-31-46(32-36-51)45-27-29-47(30-28-45)53-39-41-56-44-54(40-42-55(56)43-53)48-33-37-52(38-34-48)68-63-25-13-9-21-59(63)66(50-17-5-2-6-18-50)60-22-10-14-26-64(60)68/h1-44H. The molecule has 0 aromatic heterocycles. The van der Waals surface area contributed by atoms with Crippen molar-refractivity contribution in [1.29, 1.82) is 0 Å². The highest BCUT2D eigenvalue weighted by molar-refractivity contribution is 6.22. The maximum absolute atomic E-state index is 2.32. The van der Waals surface area contributed by atoms with Crippen molar-refractivity contribution >= 4 is 53.9 Å². The van der Waals surface area contributed by atoms with Crippen molar-refractivity contribution in [2.24, 2.45) is 0 Å². The molecule has 0 spiro atoms. The third kappa shape index (κ3) is 6.77. The predicted octanol–water partition coefficient (Wildman–Crippen LogP) is 19.1. The number of rotatable bonds is 7. The number of fused-ring (bicyclic) bond motifs is 5. The normalized spacial score (nSPS) is 11.5.